The molecule has 0 unspecified atom stereocenters. The Morgan fingerprint density at radius 2 is 1.88 bits per heavy atom. The molecule has 126 valence electrons. The predicted octanol–water partition coefficient (Wildman–Crippen LogP) is 2.49. The number of nitrogens with zero attached hydrogens (tertiary/aromatic N) is 3. The van der Waals surface area contributed by atoms with Crippen LogP contribution in [0.1, 0.15) is 27.3 Å². The second kappa shape index (κ2) is 6.97. The first kappa shape index (κ1) is 16.4. The van der Waals surface area contributed by atoms with Gasteiger partial charge in [0.1, 0.15) is 5.69 Å². The van der Waals surface area contributed by atoms with Crippen LogP contribution in [0.3, 0.4) is 0 Å². The molecule has 1 fully saturated rings. The van der Waals surface area contributed by atoms with Crippen molar-refractivity contribution in [2.24, 2.45) is 0 Å². The lowest BCUT2D eigenvalue weighted by Gasteiger charge is -2.27. The van der Waals surface area contributed by atoms with Crippen molar-refractivity contribution in [3.05, 3.63) is 46.8 Å². The largest absolute Gasteiger partial charge is 0.378 e. The highest BCUT2D eigenvalue weighted by Gasteiger charge is 2.17. The summed E-state index contributed by atoms with van der Waals surface area (Å²) in [4.78, 5) is 23.5. The van der Waals surface area contributed by atoms with Gasteiger partial charge in [0.15, 0.2) is 0 Å². The van der Waals surface area contributed by atoms with Gasteiger partial charge in [-0.1, -0.05) is 17.7 Å². The van der Waals surface area contributed by atoms with Gasteiger partial charge in [0, 0.05) is 24.5 Å². The quantitative estimate of drug-likeness (QED) is 0.938. The number of rotatable bonds is 3. The number of carbonyl (C=O) groups is 1. The highest BCUT2D eigenvalue weighted by Crippen LogP contribution is 2.18. The number of anilines is 2. The van der Waals surface area contributed by atoms with E-state index in [9.17, 15) is 4.79 Å². The Morgan fingerprint density at radius 3 is 2.58 bits per heavy atom. The van der Waals surface area contributed by atoms with Gasteiger partial charge in [-0.2, -0.15) is 0 Å². The van der Waals surface area contributed by atoms with Gasteiger partial charge in [-0.3, -0.25) is 4.79 Å². The Balaban J connectivity index is 1.82. The number of amides is 1. The third-order valence-electron chi connectivity index (χ3n) is 4.00. The molecular formula is C18H22N4O2. The molecule has 6 nitrogen and oxygen atoms in total. The molecule has 0 bridgehead atoms. The topological polar surface area (TPSA) is 67.4 Å². The molecule has 1 aliphatic heterocycles. The van der Waals surface area contributed by atoms with Crippen LogP contribution in [-0.4, -0.2) is 42.2 Å². The summed E-state index contributed by atoms with van der Waals surface area (Å²) in [5, 5.41) is 2.94. The highest BCUT2D eigenvalue weighted by molar-refractivity contribution is 6.03. The normalized spacial score (nSPS) is 14.5. The zero-order chi connectivity index (χ0) is 17.1. The number of nitrogens with one attached hydrogen (secondary N) is 1. The summed E-state index contributed by atoms with van der Waals surface area (Å²) in [6.45, 7) is 8.67. The van der Waals surface area contributed by atoms with Gasteiger partial charge >= 0.3 is 0 Å². The van der Waals surface area contributed by atoms with E-state index in [-0.39, 0.29) is 5.91 Å². The monoisotopic (exact) mass is 326 g/mol. The van der Waals surface area contributed by atoms with Gasteiger partial charge in [0.25, 0.3) is 5.91 Å². The smallest absolute Gasteiger partial charge is 0.274 e. The number of aromatic nitrogens is 2. The lowest BCUT2D eigenvalue weighted by atomic mass is 10.1. The van der Waals surface area contributed by atoms with Crippen LogP contribution < -0.4 is 10.2 Å². The van der Waals surface area contributed by atoms with E-state index < -0.39 is 0 Å². The minimum Gasteiger partial charge on any atom is -0.378 e. The molecule has 0 radical (unpaired) electrons. The maximum Gasteiger partial charge on any atom is 0.274 e. The number of carbonyl (C=O) groups excluding carboxylic acids is 1. The van der Waals surface area contributed by atoms with Crippen molar-refractivity contribution in [1.82, 2.24) is 9.97 Å². The average Bonchev–Trinajstić information content (AvgIpc) is 2.57. The standard InChI is InChI=1S/C18H22N4O2/c1-12-4-5-15(13(2)10-12)20-17(23)16-11-14(3)19-18(21-16)22-6-8-24-9-7-22/h4-5,10-11H,6-9H2,1-3H3,(H,20,23). The first-order chi connectivity index (χ1) is 11.5. The summed E-state index contributed by atoms with van der Waals surface area (Å²) in [6, 6.07) is 7.65. The van der Waals surface area contributed by atoms with E-state index in [1.807, 2.05) is 43.9 Å². The Hall–Kier alpha value is -2.47. The zero-order valence-electron chi connectivity index (χ0n) is 14.3. The Labute approximate surface area is 141 Å². The van der Waals surface area contributed by atoms with E-state index in [0.29, 0.717) is 24.9 Å². The zero-order valence-corrected chi connectivity index (χ0v) is 14.3. The summed E-state index contributed by atoms with van der Waals surface area (Å²) in [5.41, 5.74) is 4.15. The fourth-order valence-corrected chi connectivity index (χ4v) is 2.71. The van der Waals surface area contributed by atoms with Gasteiger partial charge in [0.05, 0.1) is 13.2 Å². The van der Waals surface area contributed by atoms with E-state index in [1.54, 1.807) is 6.07 Å². The molecule has 6 heteroatoms. The fraction of sp³-hybridized carbons (Fsp3) is 0.389. The molecule has 0 aliphatic carbocycles. The Kier molecular flexibility index (Phi) is 4.76. The molecule has 0 saturated carbocycles. The van der Waals surface area contributed by atoms with E-state index in [1.165, 1.54) is 0 Å². The van der Waals surface area contributed by atoms with Gasteiger partial charge in [0.2, 0.25) is 5.95 Å². The Bertz CT molecular complexity index is 755. The lowest BCUT2D eigenvalue weighted by molar-refractivity contribution is 0.102. The molecule has 1 amide bonds. The third-order valence-corrected chi connectivity index (χ3v) is 4.00. The van der Waals surface area contributed by atoms with Crippen LogP contribution in [0.2, 0.25) is 0 Å². The summed E-state index contributed by atoms with van der Waals surface area (Å²) in [5.74, 6) is 0.367. The highest BCUT2D eigenvalue weighted by atomic mass is 16.5. The average molecular weight is 326 g/mol. The molecule has 0 atom stereocenters. The molecule has 2 aromatic rings. The van der Waals surface area contributed by atoms with Gasteiger partial charge < -0.3 is 15.0 Å². The maximum atomic E-state index is 12.6. The van der Waals surface area contributed by atoms with Crippen LogP contribution in [0.25, 0.3) is 0 Å². The van der Waals surface area contributed by atoms with Crippen LogP contribution >= 0.6 is 0 Å². The molecule has 0 spiro atoms. The van der Waals surface area contributed by atoms with Crippen LogP contribution in [0, 0.1) is 20.8 Å². The van der Waals surface area contributed by atoms with Gasteiger partial charge in [-0.05, 0) is 38.5 Å². The molecule has 1 aromatic heterocycles. The van der Waals surface area contributed by atoms with Crippen molar-refractivity contribution in [1.29, 1.82) is 0 Å². The number of aryl methyl sites for hydroxylation is 3. The van der Waals surface area contributed by atoms with E-state index >= 15 is 0 Å². The SMILES string of the molecule is Cc1ccc(NC(=O)c2cc(C)nc(N3CCOCC3)n2)c(C)c1. The first-order valence-corrected chi connectivity index (χ1v) is 8.10. The molecule has 1 N–H and O–H groups in total. The van der Waals surface area contributed by atoms with E-state index in [4.69, 9.17) is 4.74 Å². The molecule has 2 heterocycles. The fourth-order valence-electron chi connectivity index (χ4n) is 2.71. The van der Waals surface area contributed by atoms with E-state index in [2.05, 4.69) is 15.3 Å². The molecule has 3 rings (SSSR count). The minimum absolute atomic E-state index is 0.220. The van der Waals surface area contributed by atoms with Crippen molar-refractivity contribution < 1.29 is 9.53 Å². The van der Waals surface area contributed by atoms with Crippen LogP contribution in [0.5, 0.6) is 0 Å². The minimum atomic E-state index is -0.220. The molecular weight excluding hydrogens is 304 g/mol. The molecule has 1 saturated heterocycles. The van der Waals surface area contributed by atoms with Crippen LogP contribution in [0.4, 0.5) is 11.6 Å². The van der Waals surface area contributed by atoms with Crippen molar-refractivity contribution in [3.63, 3.8) is 0 Å². The van der Waals surface area contributed by atoms with E-state index in [0.717, 1.165) is 35.6 Å². The second-order valence-corrected chi connectivity index (χ2v) is 6.07. The number of hydrogen-bond acceptors (Lipinski definition) is 5. The maximum absolute atomic E-state index is 12.6. The summed E-state index contributed by atoms with van der Waals surface area (Å²) in [7, 11) is 0. The summed E-state index contributed by atoms with van der Waals surface area (Å²) < 4.78 is 5.35. The Morgan fingerprint density at radius 1 is 1.12 bits per heavy atom. The predicted molar refractivity (Wildman–Crippen MR) is 93.7 cm³/mol. The van der Waals surface area contributed by atoms with Crippen molar-refractivity contribution in [3.8, 4) is 0 Å². The number of ether oxygens (including phenoxy) is 1. The third kappa shape index (κ3) is 3.71. The molecule has 1 aliphatic rings. The van der Waals surface area contributed by atoms with Crippen molar-refractivity contribution in [2.75, 3.05) is 36.5 Å². The first-order valence-electron chi connectivity index (χ1n) is 8.10. The van der Waals surface area contributed by atoms with Crippen LogP contribution in [0.15, 0.2) is 24.3 Å². The molecule has 1 aromatic carbocycles. The van der Waals surface area contributed by atoms with Gasteiger partial charge in [-0.25, -0.2) is 9.97 Å². The second-order valence-electron chi connectivity index (χ2n) is 6.07. The lowest BCUT2D eigenvalue weighted by Crippen LogP contribution is -2.37. The molecule has 24 heavy (non-hydrogen) atoms. The number of morpholine rings is 1. The summed E-state index contributed by atoms with van der Waals surface area (Å²) in [6.07, 6.45) is 0. The van der Waals surface area contributed by atoms with Crippen molar-refractivity contribution >= 4 is 17.5 Å². The van der Waals surface area contributed by atoms with Gasteiger partial charge in [-0.15, -0.1) is 0 Å². The summed E-state index contributed by atoms with van der Waals surface area (Å²) >= 11 is 0. The van der Waals surface area contributed by atoms with Crippen LogP contribution in [-0.2, 0) is 4.74 Å². The number of hydrogen-bond donors (Lipinski definition) is 1. The van der Waals surface area contributed by atoms with Crippen molar-refractivity contribution in [2.45, 2.75) is 20.8 Å². The number of benzene rings is 1.